The van der Waals surface area contributed by atoms with Gasteiger partial charge in [-0.25, -0.2) is 37.7 Å². The van der Waals surface area contributed by atoms with Crippen LogP contribution in [0.25, 0.3) is 0 Å². The molecule has 0 amide bonds. The molecule has 38 heavy (non-hydrogen) atoms. The Hall–Kier alpha value is -3.70. The lowest BCUT2D eigenvalue weighted by Crippen LogP contribution is -2.54. The second kappa shape index (κ2) is 14.9. The molecule has 1 rings (SSSR count). The fraction of sp³-hybridized carbons (Fsp3) is 0.615. The van der Waals surface area contributed by atoms with Gasteiger partial charge in [-0.2, -0.15) is 0 Å². The summed E-state index contributed by atoms with van der Waals surface area (Å²) in [6.07, 6.45) is 1.05. The van der Waals surface area contributed by atoms with E-state index in [1.165, 1.54) is 13.8 Å². The standard InChI is InChI=1S/C26H39N3O9/c1-18(2)20(30)36-15-9-8-12-27-23(33)28(13-10-16-37-21(31)19(3)4)25(35)29(24(27)34)14-11-17-38-22(32)26(5,6)7/h1,3,8-17H2,2,4-7H3. The molecule has 12 nitrogen and oxygen atoms in total. The van der Waals surface area contributed by atoms with E-state index in [9.17, 15) is 28.8 Å². The zero-order valence-electron chi connectivity index (χ0n) is 23.0. The van der Waals surface area contributed by atoms with Crippen LogP contribution in [0, 0.1) is 5.41 Å². The van der Waals surface area contributed by atoms with E-state index in [1.807, 2.05) is 0 Å². The van der Waals surface area contributed by atoms with E-state index in [0.29, 0.717) is 12.8 Å². The molecule has 0 aliphatic carbocycles. The first kappa shape index (κ1) is 32.3. The number of hydrogen-bond donors (Lipinski definition) is 0. The van der Waals surface area contributed by atoms with Crippen molar-refractivity contribution in [2.75, 3.05) is 19.8 Å². The normalized spacial score (nSPS) is 11.1. The molecule has 0 fully saturated rings. The minimum absolute atomic E-state index is 0.00771. The number of nitrogens with zero attached hydrogens (tertiary/aromatic N) is 3. The average molecular weight is 538 g/mol. The molecule has 0 atom stereocenters. The van der Waals surface area contributed by atoms with Crippen LogP contribution in [0.1, 0.15) is 60.3 Å². The molecule has 1 heterocycles. The fourth-order valence-corrected chi connectivity index (χ4v) is 3.03. The lowest BCUT2D eigenvalue weighted by Gasteiger charge is -2.17. The number of hydrogen-bond acceptors (Lipinski definition) is 9. The first-order chi connectivity index (χ1) is 17.7. The van der Waals surface area contributed by atoms with Crippen LogP contribution < -0.4 is 17.1 Å². The van der Waals surface area contributed by atoms with Crippen molar-refractivity contribution in [1.82, 2.24) is 13.7 Å². The lowest BCUT2D eigenvalue weighted by molar-refractivity contribution is -0.153. The summed E-state index contributed by atoms with van der Waals surface area (Å²) in [5.74, 6) is -1.53. The Bertz CT molecular complexity index is 1210. The van der Waals surface area contributed by atoms with Crippen molar-refractivity contribution < 1.29 is 28.6 Å². The van der Waals surface area contributed by atoms with Crippen LogP contribution in [-0.2, 0) is 48.2 Å². The number of aromatic nitrogens is 3. The lowest BCUT2D eigenvalue weighted by atomic mass is 9.97. The maximum absolute atomic E-state index is 13.0. The number of esters is 3. The number of ether oxygens (including phenoxy) is 3. The summed E-state index contributed by atoms with van der Waals surface area (Å²) in [7, 11) is 0. The quantitative estimate of drug-likeness (QED) is 0.141. The molecule has 212 valence electrons. The minimum Gasteiger partial charge on any atom is -0.465 e. The highest BCUT2D eigenvalue weighted by Crippen LogP contribution is 2.15. The summed E-state index contributed by atoms with van der Waals surface area (Å²) in [6.45, 7) is 15.0. The summed E-state index contributed by atoms with van der Waals surface area (Å²) >= 11 is 0. The Morgan fingerprint density at radius 2 is 0.974 bits per heavy atom. The predicted molar refractivity (Wildman–Crippen MR) is 140 cm³/mol. The molecule has 0 N–H and O–H groups in total. The van der Waals surface area contributed by atoms with Gasteiger partial charge in [-0.05, 0) is 60.3 Å². The third-order valence-corrected chi connectivity index (χ3v) is 5.22. The van der Waals surface area contributed by atoms with E-state index in [1.54, 1.807) is 20.8 Å². The molecule has 1 aromatic rings. The molecule has 0 radical (unpaired) electrons. The van der Waals surface area contributed by atoms with Crippen LogP contribution in [0.2, 0.25) is 0 Å². The van der Waals surface area contributed by atoms with E-state index in [4.69, 9.17) is 14.2 Å². The fourth-order valence-electron chi connectivity index (χ4n) is 3.03. The molecule has 0 aliphatic rings. The highest BCUT2D eigenvalue weighted by atomic mass is 16.5. The zero-order chi connectivity index (χ0) is 29.0. The van der Waals surface area contributed by atoms with Gasteiger partial charge >= 0.3 is 35.0 Å². The van der Waals surface area contributed by atoms with E-state index in [2.05, 4.69) is 13.2 Å². The second-order valence-electron chi connectivity index (χ2n) is 9.94. The van der Waals surface area contributed by atoms with E-state index < -0.39 is 40.4 Å². The molecular formula is C26H39N3O9. The van der Waals surface area contributed by atoms with Gasteiger partial charge in [-0.15, -0.1) is 0 Å². The van der Waals surface area contributed by atoms with Gasteiger partial charge in [0.25, 0.3) is 0 Å². The molecular weight excluding hydrogens is 498 g/mol. The van der Waals surface area contributed by atoms with E-state index >= 15 is 0 Å². The van der Waals surface area contributed by atoms with Gasteiger partial charge in [-0.3, -0.25) is 4.79 Å². The Kier molecular flexibility index (Phi) is 12.7. The highest BCUT2D eigenvalue weighted by molar-refractivity contribution is 5.87. The Morgan fingerprint density at radius 3 is 1.34 bits per heavy atom. The summed E-state index contributed by atoms with van der Waals surface area (Å²) < 4.78 is 18.0. The second-order valence-corrected chi connectivity index (χ2v) is 9.94. The predicted octanol–water partition coefficient (Wildman–Crippen LogP) is 1.56. The molecule has 0 saturated heterocycles. The maximum Gasteiger partial charge on any atom is 0.336 e. The third kappa shape index (κ3) is 9.98. The van der Waals surface area contributed by atoms with Crippen molar-refractivity contribution in [3.05, 3.63) is 55.8 Å². The van der Waals surface area contributed by atoms with Crippen LogP contribution in [-0.4, -0.2) is 51.4 Å². The molecule has 1 aromatic heterocycles. The molecule has 0 bridgehead atoms. The van der Waals surface area contributed by atoms with Crippen molar-refractivity contribution in [3.63, 3.8) is 0 Å². The minimum atomic E-state index is -0.806. The van der Waals surface area contributed by atoms with Gasteiger partial charge in [0.15, 0.2) is 0 Å². The van der Waals surface area contributed by atoms with Crippen LogP contribution in [0.3, 0.4) is 0 Å². The SMILES string of the molecule is C=C(C)C(=O)OCCCCn1c(=O)n(CCCOC(=O)C(=C)C)c(=O)n(CCCOC(=O)C(C)(C)C)c1=O. The zero-order valence-corrected chi connectivity index (χ0v) is 23.0. The molecule has 0 spiro atoms. The molecule has 0 saturated carbocycles. The average Bonchev–Trinajstić information content (AvgIpc) is 2.83. The van der Waals surface area contributed by atoms with Crippen molar-refractivity contribution in [2.24, 2.45) is 5.41 Å². The Balaban J connectivity index is 3.05. The topological polar surface area (TPSA) is 145 Å². The molecule has 0 unspecified atom stereocenters. The van der Waals surface area contributed by atoms with Crippen molar-refractivity contribution in [1.29, 1.82) is 0 Å². The maximum atomic E-state index is 13.0. The van der Waals surface area contributed by atoms with Crippen LogP contribution in [0.15, 0.2) is 38.7 Å². The Morgan fingerprint density at radius 1 is 0.632 bits per heavy atom. The Labute approximate surface area is 221 Å². The molecule has 0 aliphatic heterocycles. The first-order valence-corrected chi connectivity index (χ1v) is 12.5. The van der Waals surface area contributed by atoms with E-state index in [-0.39, 0.29) is 63.4 Å². The van der Waals surface area contributed by atoms with Gasteiger partial charge in [-0.1, -0.05) is 13.2 Å². The van der Waals surface area contributed by atoms with Crippen LogP contribution in [0.4, 0.5) is 0 Å². The molecule has 12 heteroatoms. The molecule has 0 aromatic carbocycles. The van der Waals surface area contributed by atoms with Crippen molar-refractivity contribution in [2.45, 2.75) is 79.9 Å². The monoisotopic (exact) mass is 537 g/mol. The first-order valence-electron chi connectivity index (χ1n) is 12.5. The smallest absolute Gasteiger partial charge is 0.336 e. The van der Waals surface area contributed by atoms with Gasteiger partial charge in [0.1, 0.15) is 0 Å². The summed E-state index contributed by atoms with van der Waals surface area (Å²) in [5.41, 5.74) is -2.59. The van der Waals surface area contributed by atoms with Gasteiger partial charge in [0.05, 0.1) is 25.2 Å². The van der Waals surface area contributed by atoms with Crippen molar-refractivity contribution in [3.8, 4) is 0 Å². The largest absolute Gasteiger partial charge is 0.465 e. The number of carbonyl (C=O) groups excluding carboxylic acids is 3. The summed E-state index contributed by atoms with van der Waals surface area (Å²) in [4.78, 5) is 74.1. The third-order valence-electron chi connectivity index (χ3n) is 5.22. The summed E-state index contributed by atoms with van der Waals surface area (Å²) in [5, 5.41) is 0. The van der Waals surface area contributed by atoms with Crippen LogP contribution in [0.5, 0.6) is 0 Å². The van der Waals surface area contributed by atoms with Gasteiger partial charge < -0.3 is 14.2 Å². The highest BCUT2D eigenvalue weighted by Gasteiger charge is 2.23. The van der Waals surface area contributed by atoms with Gasteiger partial charge in [0.2, 0.25) is 0 Å². The van der Waals surface area contributed by atoms with Gasteiger partial charge in [0, 0.05) is 30.8 Å². The number of rotatable bonds is 15. The number of unbranched alkanes of at least 4 members (excludes halogenated alkanes) is 1. The van der Waals surface area contributed by atoms with E-state index in [0.717, 1.165) is 13.7 Å². The van der Waals surface area contributed by atoms with Crippen LogP contribution >= 0.6 is 0 Å². The van der Waals surface area contributed by atoms with Crippen molar-refractivity contribution >= 4 is 17.9 Å². The summed E-state index contributed by atoms with van der Waals surface area (Å²) in [6, 6.07) is 0. The number of carbonyl (C=O) groups is 3.